The third kappa shape index (κ3) is 6.19. The number of ether oxygens (including phenoxy) is 1. The lowest BCUT2D eigenvalue weighted by molar-refractivity contribution is 0.252. The standard InChI is InChI=1S/C23H19BrF2N4O3S2/c1-2-33-19-12-7-14(24)13-20(19)35(31,32)30-22-21(28-17-5-3-4-6-18(17)29-22)27-15-8-10-16(11-9-15)34-23(25)26/h3-13,23H,2H2,1H3,(H,27,28)(H,29,30). The van der Waals surface area contributed by atoms with E-state index in [0.29, 0.717) is 37.9 Å². The summed E-state index contributed by atoms with van der Waals surface area (Å²) in [5.41, 5.74) is 1.55. The van der Waals surface area contributed by atoms with E-state index in [0.717, 1.165) is 0 Å². The Hall–Kier alpha value is -2.96. The number of hydrogen-bond donors (Lipinski definition) is 2. The summed E-state index contributed by atoms with van der Waals surface area (Å²) in [5, 5.41) is 3.03. The average Bonchev–Trinajstić information content (AvgIpc) is 2.81. The molecule has 0 unspecified atom stereocenters. The van der Waals surface area contributed by atoms with Crippen LogP contribution in [0.5, 0.6) is 5.75 Å². The van der Waals surface area contributed by atoms with Gasteiger partial charge in [-0.25, -0.2) is 18.4 Å². The Bertz CT molecular complexity index is 1460. The topological polar surface area (TPSA) is 93.2 Å². The molecule has 35 heavy (non-hydrogen) atoms. The minimum Gasteiger partial charge on any atom is -0.492 e. The van der Waals surface area contributed by atoms with Crippen LogP contribution in [0.2, 0.25) is 0 Å². The van der Waals surface area contributed by atoms with E-state index in [-0.39, 0.29) is 28.9 Å². The van der Waals surface area contributed by atoms with Crippen LogP contribution in [0.1, 0.15) is 6.92 Å². The highest BCUT2D eigenvalue weighted by Crippen LogP contribution is 2.32. The number of para-hydroxylation sites is 2. The Morgan fingerprint density at radius 2 is 1.66 bits per heavy atom. The third-order valence-electron chi connectivity index (χ3n) is 4.64. The van der Waals surface area contributed by atoms with Crippen molar-refractivity contribution in [1.29, 1.82) is 0 Å². The molecule has 7 nitrogen and oxygen atoms in total. The van der Waals surface area contributed by atoms with Crippen molar-refractivity contribution < 1.29 is 21.9 Å². The van der Waals surface area contributed by atoms with Crippen LogP contribution >= 0.6 is 27.7 Å². The molecule has 0 aliphatic carbocycles. The van der Waals surface area contributed by atoms with Crippen molar-refractivity contribution in [3.8, 4) is 5.75 Å². The third-order valence-corrected chi connectivity index (χ3v) is 7.21. The molecular formula is C23H19BrF2N4O3S2. The molecule has 0 spiro atoms. The number of alkyl halides is 2. The number of aromatic nitrogens is 2. The van der Waals surface area contributed by atoms with Crippen LogP contribution in [0.15, 0.2) is 81.0 Å². The van der Waals surface area contributed by atoms with Crippen molar-refractivity contribution in [2.45, 2.75) is 22.5 Å². The van der Waals surface area contributed by atoms with Crippen molar-refractivity contribution in [1.82, 2.24) is 9.97 Å². The first kappa shape index (κ1) is 25.1. The quantitative estimate of drug-likeness (QED) is 0.214. The molecule has 1 heterocycles. The van der Waals surface area contributed by atoms with E-state index in [2.05, 4.69) is 35.9 Å². The molecule has 0 amide bonds. The van der Waals surface area contributed by atoms with E-state index in [1.807, 2.05) is 0 Å². The van der Waals surface area contributed by atoms with Gasteiger partial charge in [0.25, 0.3) is 15.8 Å². The van der Waals surface area contributed by atoms with Gasteiger partial charge in [-0.15, -0.1) is 0 Å². The first-order valence-electron chi connectivity index (χ1n) is 10.3. The number of nitrogens with one attached hydrogen (secondary N) is 2. The number of anilines is 3. The zero-order chi connectivity index (χ0) is 25.0. The van der Waals surface area contributed by atoms with Crippen LogP contribution in [0, 0.1) is 0 Å². The van der Waals surface area contributed by atoms with Gasteiger partial charge in [0.05, 0.1) is 17.6 Å². The molecule has 3 aromatic carbocycles. The Balaban J connectivity index is 1.73. The van der Waals surface area contributed by atoms with E-state index in [4.69, 9.17) is 4.74 Å². The number of nitrogens with zero attached hydrogens (tertiary/aromatic N) is 2. The Kier molecular flexibility index (Phi) is 7.72. The maximum Gasteiger partial charge on any atom is 0.288 e. The molecule has 2 N–H and O–H groups in total. The molecule has 0 fully saturated rings. The lowest BCUT2D eigenvalue weighted by Gasteiger charge is -2.16. The first-order valence-corrected chi connectivity index (χ1v) is 13.4. The minimum atomic E-state index is -4.13. The number of thioether (sulfide) groups is 1. The van der Waals surface area contributed by atoms with Crippen LogP contribution in [0.25, 0.3) is 11.0 Å². The molecule has 0 saturated heterocycles. The second kappa shape index (κ2) is 10.8. The van der Waals surface area contributed by atoms with Gasteiger partial charge < -0.3 is 10.1 Å². The van der Waals surface area contributed by atoms with Gasteiger partial charge in [-0.05, 0) is 61.5 Å². The van der Waals surface area contributed by atoms with Crippen LogP contribution in [-0.4, -0.2) is 30.8 Å². The lowest BCUT2D eigenvalue weighted by atomic mass is 10.3. The zero-order valence-electron chi connectivity index (χ0n) is 18.2. The van der Waals surface area contributed by atoms with Crippen LogP contribution in [0.4, 0.5) is 26.1 Å². The van der Waals surface area contributed by atoms with Gasteiger partial charge in [0.15, 0.2) is 11.6 Å². The van der Waals surface area contributed by atoms with Crippen molar-refractivity contribution in [2.75, 3.05) is 16.6 Å². The lowest BCUT2D eigenvalue weighted by Crippen LogP contribution is -2.17. The Labute approximate surface area is 213 Å². The molecule has 1 aromatic heterocycles. The molecule has 0 bridgehead atoms. The minimum absolute atomic E-state index is 0.0304. The van der Waals surface area contributed by atoms with E-state index in [1.54, 1.807) is 55.5 Å². The summed E-state index contributed by atoms with van der Waals surface area (Å²) in [5.74, 6) is -2.22. The molecule has 12 heteroatoms. The van der Waals surface area contributed by atoms with Gasteiger partial charge in [-0.3, -0.25) is 4.72 Å². The van der Waals surface area contributed by atoms with E-state index in [1.165, 1.54) is 18.2 Å². The summed E-state index contributed by atoms with van der Waals surface area (Å²) in [4.78, 5) is 9.33. The predicted octanol–water partition coefficient (Wildman–Crippen LogP) is 6.65. The van der Waals surface area contributed by atoms with Gasteiger partial charge >= 0.3 is 0 Å². The second-order valence-corrected chi connectivity index (χ2v) is 10.7. The fraction of sp³-hybridized carbons (Fsp3) is 0.130. The molecule has 0 atom stereocenters. The number of halogens is 3. The SMILES string of the molecule is CCOc1ccc(Br)cc1S(=O)(=O)Nc1nc2ccccc2nc1Nc1ccc(SC(F)F)cc1. The van der Waals surface area contributed by atoms with Crippen molar-refractivity contribution in [3.63, 3.8) is 0 Å². The van der Waals surface area contributed by atoms with Gasteiger partial charge in [-0.1, -0.05) is 39.8 Å². The van der Waals surface area contributed by atoms with Gasteiger partial charge in [0, 0.05) is 15.1 Å². The molecule has 0 aliphatic rings. The predicted molar refractivity (Wildman–Crippen MR) is 137 cm³/mol. The maximum atomic E-state index is 13.4. The van der Waals surface area contributed by atoms with Crippen molar-refractivity contribution in [2.24, 2.45) is 0 Å². The normalized spacial score (nSPS) is 11.6. The smallest absolute Gasteiger partial charge is 0.288 e. The highest BCUT2D eigenvalue weighted by atomic mass is 79.9. The summed E-state index contributed by atoms with van der Waals surface area (Å²) >= 11 is 3.73. The van der Waals surface area contributed by atoms with Crippen molar-refractivity contribution in [3.05, 3.63) is 71.2 Å². The number of benzene rings is 3. The molecule has 0 radical (unpaired) electrons. The van der Waals surface area contributed by atoms with Gasteiger partial charge in [-0.2, -0.15) is 8.78 Å². The van der Waals surface area contributed by atoms with E-state index >= 15 is 0 Å². The average molecular weight is 581 g/mol. The van der Waals surface area contributed by atoms with Crippen LogP contribution < -0.4 is 14.8 Å². The zero-order valence-corrected chi connectivity index (χ0v) is 21.4. The van der Waals surface area contributed by atoms with Crippen molar-refractivity contribution >= 4 is 66.1 Å². The number of hydrogen-bond acceptors (Lipinski definition) is 7. The summed E-state index contributed by atoms with van der Waals surface area (Å²) < 4.78 is 60.5. The summed E-state index contributed by atoms with van der Waals surface area (Å²) in [6.07, 6.45) is 0. The summed E-state index contributed by atoms with van der Waals surface area (Å²) in [7, 11) is -4.13. The Morgan fingerprint density at radius 3 is 2.29 bits per heavy atom. The molecule has 4 rings (SSSR count). The molecular weight excluding hydrogens is 562 g/mol. The molecule has 0 aliphatic heterocycles. The van der Waals surface area contributed by atoms with Crippen LogP contribution in [-0.2, 0) is 10.0 Å². The van der Waals surface area contributed by atoms with Crippen LogP contribution in [0.3, 0.4) is 0 Å². The fourth-order valence-corrected chi connectivity index (χ4v) is 5.36. The second-order valence-electron chi connectivity index (χ2n) is 7.07. The number of rotatable bonds is 9. The van der Waals surface area contributed by atoms with Gasteiger partial charge in [0.2, 0.25) is 0 Å². The van der Waals surface area contributed by atoms with E-state index < -0.39 is 15.8 Å². The Morgan fingerprint density at radius 1 is 1.00 bits per heavy atom. The molecule has 0 saturated carbocycles. The molecule has 182 valence electrons. The maximum absolute atomic E-state index is 13.4. The fourth-order valence-electron chi connectivity index (χ4n) is 3.16. The highest BCUT2D eigenvalue weighted by Gasteiger charge is 2.23. The van der Waals surface area contributed by atoms with Gasteiger partial charge in [0.1, 0.15) is 10.6 Å². The summed E-state index contributed by atoms with van der Waals surface area (Å²) in [6.45, 7) is 2.04. The monoisotopic (exact) mass is 580 g/mol. The van der Waals surface area contributed by atoms with E-state index in [9.17, 15) is 17.2 Å². The highest BCUT2D eigenvalue weighted by molar-refractivity contribution is 9.10. The summed E-state index contributed by atoms with van der Waals surface area (Å²) in [6, 6.07) is 18.0. The number of fused-ring (bicyclic) bond motifs is 1. The number of sulfonamides is 1. The largest absolute Gasteiger partial charge is 0.492 e. The first-order chi connectivity index (χ1) is 16.7. The molecule has 4 aromatic rings.